The lowest BCUT2D eigenvalue weighted by Gasteiger charge is -2.24. The summed E-state index contributed by atoms with van der Waals surface area (Å²) >= 11 is 5.70. The zero-order valence-corrected chi connectivity index (χ0v) is 11.7. The van der Waals surface area contributed by atoms with Crippen molar-refractivity contribution in [3.8, 4) is 0 Å². The number of hydrogen-bond acceptors (Lipinski definition) is 4. The molecule has 0 radical (unpaired) electrons. The van der Waals surface area contributed by atoms with Gasteiger partial charge in [0.05, 0.1) is 6.54 Å². The summed E-state index contributed by atoms with van der Waals surface area (Å²) in [5.41, 5.74) is -2.48. The van der Waals surface area contributed by atoms with Crippen molar-refractivity contribution in [2.75, 3.05) is 0 Å². The summed E-state index contributed by atoms with van der Waals surface area (Å²) in [4.78, 5) is 31.6. The van der Waals surface area contributed by atoms with Crippen LogP contribution < -0.4 is 5.32 Å². The second-order valence-electron chi connectivity index (χ2n) is 4.69. The average molecular weight is 323 g/mol. The van der Waals surface area contributed by atoms with Crippen LogP contribution in [-0.2, 0) is 11.3 Å². The van der Waals surface area contributed by atoms with Gasteiger partial charge in [-0.25, -0.2) is 14.8 Å². The van der Waals surface area contributed by atoms with Crippen LogP contribution >= 0.6 is 11.6 Å². The number of amides is 3. The van der Waals surface area contributed by atoms with E-state index in [4.69, 9.17) is 11.6 Å². The lowest BCUT2D eigenvalue weighted by molar-refractivity contribution is -0.191. The van der Waals surface area contributed by atoms with Gasteiger partial charge in [-0.2, -0.15) is 13.2 Å². The number of rotatable bonds is 2. The highest BCUT2D eigenvalue weighted by Gasteiger charge is 2.64. The number of alkyl halides is 3. The summed E-state index contributed by atoms with van der Waals surface area (Å²) < 4.78 is 38.7. The average Bonchev–Trinajstić information content (AvgIpc) is 2.52. The zero-order chi connectivity index (χ0) is 16.0. The van der Waals surface area contributed by atoms with Crippen molar-refractivity contribution in [3.05, 3.63) is 22.7 Å². The van der Waals surface area contributed by atoms with Crippen LogP contribution in [0.15, 0.2) is 6.07 Å². The molecule has 1 aromatic heterocycles. The summed E-state index contributed by atoms with van der Waals surface area (Å²) in [7, 11) is 0. The fourth-order valence-corrected chi connectivity index (χ4v) is 2.09. The Labute approximate surface area is 122 Å². The standard InChI is InChI=1S/C11H10ClF3N4O2/c1-5-3-6(12)17-7(16-5)4-19-8(20)10(2,11(13,14)15)18-9(19)21/h3H,4H2,1-2H3,(H,18,21). The quantitative estimate of drug-likeness (QED) is 0.665. The zero-order valence-electron chi connectivity index (χ0n) is 11.0. The van der Waals surface area contributed by atoms with E-state index in [0.717, 1.165) is 0 Å². The third kappa shape index (κ3) is 2.65. The van der Waals surface area contributed by atoms with Crippen LogP contribution in [-0.4, -0.2) is 38.5 Å². The molecule has 0 spiro atoms. The van der Waals surface area contributed by atoms with Crippen LogP contribution in [0.1, 0.15) is 18.4 Å². The highest BCUT2D eigenvalue weighted by Crippen LogP contribution is 2.35. The molecule has 0 aliphatic carbocycles. The number of carbonyl (C=O) groups excluding carboxylic acids is 2. The van der Waals surface area contributed by atoms with Crippen molar-refractivity contribution >= 4 is 23.5 Å². The predicted molar refractivity (Wildman–Crippen MR) is 65.3 cm³/mol. The summed E-state index contributed by atoms with van der Waals surface area (Å²) in [6.45, 7) is 1.72. The minimum atomic E-state index is -4.90. The molecular weight excluding hydrogens is 313 g/mol. The Kier molecular flexibility index (Phi) is 3.56. The van der Waals surface area contributed by atoms with Crippen LogP contribution in [0.5, 0.6) is 0 Å². The molecular formula is C11H10ClF3N4O2. The summed E-state index contributed by atoms with van der Waals surface area (Å²) in [5, 5.41) is 1.72. The number of imide groups is 1. The molecule has 1 unspecified atom stereocenters. The van der Waals surface area contributed by atoms with Gasteiger partial charge in [-0.1, -0.05) is 11.6 Å². The molecule has 1 atom stereocenters. The van der Waals surface area contributed by atoms with E-state index in [-0.39, 0.29) is 11.0 Å². The van der Waals surface area contributed by atoms with Gasteiger partial charge in [-0.05, 0) is 19.9 Å². The first-order valence-corrected chi connectivity index (χ1v) is 6.13. The molecule has 1 aromatic rings. The van der Waals surface area contributed by atoms with Crippen LogP contribution in [0.2, 0.25) is 5.15 Å². The molecule has 1 saturated heterocycles. The van der Waals surface area contributed by atoms with Gasteiger partial charge in [-0.15, -0.1) is 0 Å². The van der Waals surface area contributed by atoms with Crippen LogP contribution in [0.25, 0.3) is 0 Å². The molecule has 2 heterocycles. The van der Waals surface area contributed by atoms with E-state index in [1.807, 2.05) is 0 Å². The Hall–Kier alpha value is -1.90. The summed E-state index contributed by atoms with van der Waals surface area (Å²) in [6, 6.07) is 0.289. The first-order chi connectivity index (χ1) is 9.54. The Bertz CT molecular complexity index is 602. The molecule has 0 aromatic carbocycles. The molecule has 0 bridgehead atoms. The summed E-state index contributed by atoms with van der Waals surface area (Å²) in [6.07, 6.45) is -4.90. The van der Waals surface area contributed by atoms with Gasteiger partial charge in [0.1, 0.15) is 11.0 Å². The Morgan fingerprint density at radius 1 is 1.38 bits per heavy atom. The van der Waals surface area contributed by atoms with Gasteiger partial charge in [0.25, 0.3) is 5.91 Å². The van der Waals surface area contributed by atoms with Gasteiger partial charge in [0, 0.05) is 5.69 Å². The topological polar surface area (TPSA) is 75.2 Å². The van der Waals surface area contributed by atoms with Gasteiger partial charge in [0.2, 0.25) is 5.54 Å². The molecule has 3 amide bonds. The third-order valence-corrected chi connectivity index (χ3v) is 3.20. The number of aryl methyl sites for hydroxylation is 1. The van der Waals surface area contributed by atoms with Crippen molar-refractivity contribution in [3.63, 3.8) is 0 Å². The molecule has 6 nitrogen and oxygen atoms in total. The number of hydrogen-bond donors (Lipinski definition) is 1. The van der Waals surface area contributed by atoms with Crippen molar-refractivity contribution in [2.45, 2.75) is 32.1 Å². The molecule has 21 heavy (non-hydrogen) atoms. The number of urea groups is 1. The molecule has 2 rings (SSSR count). The number of nitrogens with one attached hydrogen (secondary N) is 1. The van der Waals surface area contributed by atoms with E-state index < -0.39 is 30.2 Å². The number of halogens is 4. The van der Waals surface area contributed by atoms with Crippen molar-refractivity contribution in [2.24, 2.45) is 0 Å². The molecule has 1 aliphatic rings. The molecule has 1 N–H and O–H groups in total. The Morgan fingerprint density at radius 2 is 2.00 bits per heavy atom. The normalized spacial score (nSPS) is 22.7. The monoisotopic (exact) mass is 322 g/mol. The highest BCUT2D eigenvalue weighted by atomic mass is 35.5. The SMILES string of the molecule is Cc1cc(Cl)nc(CN2C(=O)NC(C)(C(F)(F)F)C2=O)n1. The van der Waals surface area contributed by atoms with Gasteiger partial charge < -0.3 is 5.32 Å². The van der Waals surface area contributed by atoms with E-state index in [1.54, 1.807) is 12.2 Å². The minimum absolute atomic E-state index is 0.0186. The van der Waals surface area contributed by atoms with Crippen LogP contribution in [0, 0.1) is 6.92 Å². The van der Waals surface area contributed by atoms with Crippen LogP contribution in [0.3, 0.4) is 0 Å². The van der Waals surface area contributed by atoms with E-state index in [2.05, 4.69) is 9.97 Å². The van der Waals surface area contributed by atoms with E-state index >= 15 is 0 Å². The second kappa shape index (κ2) is 4.83. The van der Waals surface area contributed by atoms with Crippen molar-refractivity contribution in [1.82, 2.24) is 20.2 Å². The first-order valence-electron chi connectivity index (χ1n) is 5.75. The number of nitrogens with zero attached hydrogens (tertiary/aromatic N) is 3. The maximum Gasteiger partial charge on any atom is 0.420 e. The largest absolute Gasteiger partial charge is 0.420 e. The molecule has 114 valence electrons. The van der Waals surface area contributed by atoms with Crippen molar-refractivity contribution < 1.29 is 22.8 Å². The molecule has 1 fully saturated rings. The smallest absolute Gasteiger partial charge is 0.316 e. The van der Waals surface area contributed by atoms with Gasteiger partial charge in [0.15, 0.2) is 0 Å². The first kappa shape index (κ1) is 15.5. The van der Waals surface area contributed by atoms with Crippen LogP contribution in [0.4, 0.5) is 18.0 Å². The predicted octanol–water partition coefficient (Wildman–Crippen LogP) is 1.81. The Morgan fingerprint density at radius 3 is 2.48 bits per heavy atom. The number of carbonyl (C=O) groups is 2. The lowest BCUT2D eigenvalue weighted by atomic mass is 10.0. The molecule has 0 saturated carbocycles. The lowest BCUT2D eigenvalue weighted by Crippen LogP contribution is -2.56. The van der Waals surface area contributed by atoms with E-state index in [1.165, 1.54) is 6.07 Å². The van der Waals surface area contributed by atoms with Gasteiger partial charge in [-0.3, -0.25) is 9.69 Å². The van der Waals surface area contributed by atoms with E-state index in [9.17, 15) is 22.8 Å². The number of aromatic nitrogens is 2. The molecule has 10 heteroatoms. The molecule has 1 aliphatic heterocycles. The fourth-order valence-electron chi connectivity index (χ4n) is 1.83. The van der Waals surface area contributed by atoms with E-state index in [0.29, 0.717) is 17.5 Å². The highest BCUT2D eigenvalue weighted by molar-refractivity contribution is 6.29. The summed E-state index contributed by atoms with van der Waals surface area (Å²) in [5.74, 6) is -1.42. The maximum atomic E-state index is 12.9. The maximum absolute atomic E-state index is 12.9. The second-order valence-corrected chi connectivity index (χ2v) is 5.08. The van der Waals surface area contributed by atoms with Gasteiger partial charge >= 0.3 is 12.2 Å². The third-order valence-electron chi connectivity index (χ3n) is 3.01. The fraction of sp³-hybridized carbons (Fsp3) is 0.455. The minimum Gasteiger partial charge on any atom is -0.316 e. The Balaban J connectivity index is 2.29. The van der Waals surface area contributed by atoms with Crippen molar-refractivity contribution in [1.29, 1.82) is 0 Å².